The quantitative estimate of drug-likeness (QED) is 0.728. The number of carbonyl (C=O) groups is 1. The average molecular weight is 190 g/mol. The summed E-state index contributed by atoms with van der Waals surface area (Å²) < 4.78 is 0. The third-order valence-electron chi connectivity index (χ3n) is 1.88. The molecule has 0 heterocycles. The van der Waals surface area contributed by atoms with E-state index in [2.05, 4.69) is 0 Å². The molecule has 3 heteroatoms. The van der Waals surface area contributed by atoms with E-state index in [0.717, 1.165) is 11.6 Å². The molecule has 0 aromatic heterocycles. The summed E-state index contributed by atoms with van der Waals surface area (Å²) in [4.78, 5) is 20.7. The molecule has 0 amide bonds. The predicted molar refractivity (Wildman–Crippen MR) is 51.5 cm³/mol. The van der Waals surface area contributed by atoms with Crippen molar-refractivity contribution in [2.24, 2.45) is 5.92 Å². The minimum atomic E-state index is -1.00. The lowest BCUT2D eigenvalue weighted by atomic mass is 10.00. The smallest absolute Gasteiger partial charge is 0.311 e. The van der Waals surface area contributed by atoms with Crippen molar-refractivity contribution < 1.29 is 14.7 Å². The number of aliphatic carboxylic acids is 1. The van der Waals surface area contributed by atoms with Gasteiger partial charge in [0.15, 0.2) is 0 Å². The maximum Gasteiger partial charge on any atom is 0.311 e. The fraction of sp³-hybridized carbons (Fsp3) is 0.182. The Hall–Kier alpha value is -1.86. The third-order valence-corrected chi connectivity index (χ3v) is 1.88. The summed E-state index contributed by atoms with van der Waals surface area (Å²) >= 11 is 0. The number of carboxylic acids is 1. The van der Waals surface area contributed by atoms with Crippen molar-refractivity contribution in [3.8, 4) is 0 Å². The van der Waals surface area contributed by atoms with Gasteiger partial charge in [0.25, 0.3) is 0 Å². The minimum absolute atomic E-state index is 0.325. The van der Waals surface area contributed by atoms with Gasteiger partial charge in [-0.05, 0) is 12.0 Å². The van der Waals surface area contributed by atoms with E-state index >= 15 is 0 Å². The molecule has 72 valence electrons. The third kappa shape index (κ3) is 2.88. The zero-order valence-corrected chi connectivity index (χ0v) is 7.51. The summed E-state index contributed by atoms with van der Waals surface area (Å²) in [6, 6.07) is 9.18. The maximum atomic E-state index is 10.7. The van der Waals surface area contributed by atoms with Crippen LogP contribution in [0.15, 0.2) is 36.4 Å². The van der Waals surface area contributed by atoms with Crippen LogP contribution in [0.4, 0.5) is 0 Å². The highest BCUT2D eigenvalue weighted by Crippen LogP contribution is 2.09. The van der Waals surface area contributed by atoms with E-state index in [4.69, 9.17) is 5.11 Å². The molecule has 14 heavy (non-hydrogen) atoms. The van der Waals surface area contributed by atoms with E-state index in [0.29, 0.717) is 6.42 Å². The summed E-state index contributed by atoms with van der Waals surface area (Å²) in [5.41, 5.74) is 0.895. The van der Waals surface area contributed by atoms with Crippen LogP contribution in [0.2, 0.25) is 0 Å². The van der Waals surface area contributed by atoms with Gasteiger partial charge in [-0.15, -0.1) is 0 Å². The first-order valence-electron chi connectivity index (χ1n) is 4.22. The first-order valence-corrected chi connectivity index (χ1v) is 4.22. The number of rotatable bonds is 4. The standard InChI is InChI=1S/C11H10O3/c12-7-6-10(11(13)14)8-9-4-2-1-3-5-9/h1-6,10H,8H2,(H,13,14). The SMILES string of the molecule is O=C=CC(Cc1ccccc1)C(=O)O. The molecule has 0 aliphatic carbocycles. The Balaban J connectivity index is 2.75. The highest BCUT2D eigenvalue weighted by molar-refractivity contribution is 5.75. The molecule has 0 aliphatic rings. The highest BCUT2D eigenvalue weighted by Gasteiger charge is 2.14. The average Bonchev–Trinajstić information content (AvgIpc) is 2.18. The zero-order valence-electron chi connectivity index (χ0n) is 7.51. The molecule has 3 nitrogen and oxygen atoms in total. The summed E-state index contributed by atoms with van der Waals surface area (Å²) in [6.07, 6.45) is 1.36. The van der Waals surface area contributed by atoms with Crippen molar-refractivity contribution >= 4 is 11.9 Å². The first-order chi connectivity index (χ1) is 6.74. The van der Waals surface area contributed by atoms with Crippen molar-refractivity contribution in [3.05, 3.63) is 42.0 Å². The van der Waals surface area contributed by atoms with Crippen LogP contribution in [0.1, 0.15) is 5.56 Å². The van der Waals surface area contributed by atoms with Crippen molar-refractivity contribution in [2.75, 3.05) is 0 Å². The maximum absolute atomic E-state index is 10.7. The number of hydrogen-bond donors (Lipinski definition) is 1. The lowest BCUT2D eigenvalue weighted by Crippen LogP contribution is -2.13. The van der Waals surface area contributed by atoms with Crippen LogP contribution in [-0.4, -0.2) is 17.0 Å². The van der Waals surface area contributed by atoms with E-state index in [-0.39, 0.29) is 0 Å². The topological polar surface area (TPSA) is 54.4 Å². The normalized spacial score (nSPS) is 11.4. The van der Waals surface area contributed by atoms with Gasteiger partial charge in [0.05, 0.1) is 5.92 Å². The van der Waals surface area contributed by atoms with Gasteiger partial charge in [-0.1, -0.05) is 30.3 Å². The van der Waals surface area contributed by atoms with Gasteiger partial charge in [0.1, 0.15) is 5.94 Å². The monoisotopic (exact) mass is 190 g/mol. The van der Waals surface area contributed by atoms with Crippen LogP contribution < -0.4 is 0 Å². The van der Waals surface area contributed by atoms with E-state index in [1.165, 1.54) is 5.94 Å². The van der Waals surface area contributed by atoms with Gasteiger partial charge in [-0.25, -0.2) is 4.79 Å². The lowest BCUT2D eigenvalue weighted by molar-refractivity contribution is -0.140. The number of benzene rings is 1. The van der Waals surface area contributed by atoms with Crippen molar-refractivity contribution in [2.45, 2.75) is 6.42 Å². The molecule has 0 bridgehead atoms. The molecular weight excluding hydrogens is 180 g/mol. The van der Waals surface area contributed by atoms with E-state index < -0.39 is 11.9 Å². The largest absolute Gasteiger partial charge is 0.481 e. The molecule has 1 aromatic rings. The van der Waals surface area contributed by atoms with Crippen LogP contribution in [0.5, 0.6) is 0 Å². The molecule has 1 rings (SSSR count). The van der Waals surface area contributed by atoms with Gasteiger partial charge < -0.3 is 5.11 Å². The Labute approximate surface area is 81.7 Å². The molecule has 1 aromatic carbocycles. The molecule has 1 N–H and O–H groups in total. The van der Waals surface area contributed by atoms with Gasteiger partial charge in [0, 0.05) is 6.08 Å². The summed E-state index contributed by atoms with van der Waals surface area (Å²) in [6.45, 7) is 0. The predicted octanol–water partition coefficient (Wildman–Crippen LogP) is 1.32. The molecule has 0 saturated carbocycles. The van der Waals surface area contributed by atoms with E-state index in [1.54, 1.807) is 0 Å². The van der Waals surface area contributed by atoms with E-state index in [9.17, 15) is 9.59 Å². The Kier molecular flexibility index (Phi) is 3.65. The molecule has 1 unspecified atom stereocenters. The van der Waals surface area contributed by atoms with Crippen LogP contribution in [0.3, 0.4) is 0 Å². The number of hydrogen-bond acceptors (Lipinski definition) is 2. The Morgan fingerprint density at radius 1 is 1.43 bits per heavy atom. The molecule has 0 radical (unpaired) electrons. The second-order valence-corrected chi connectivity index (χ2v) is 2.92. The lowest BCUT2D eigenvalue weighted by Gasteiger charge is -2.05. The van der Waals surface area contributed by atoms with Gasteiger partial charge in [0.2, 0.25) is 0 Å². The van der Waals surface area contributed by atoms with Crippen molar-refractivity contribution in [1.29, 1.82) is 0 Å². The number of carboxylic acid groups (broad SMARTS) is 1. The number of carbonyl (C=O) groups excluding carboxylic acids is 1. The fourth-order valence-electron chi connectivity index (χ4n) is 1.17. The van der Waals surface area contributed by atoms with Gasteiger partial charge in [-0.3, -0.25) is 4.79 Å². The fourth-order valence-corrected chi connectivity index (χ4v) is 1.17. The van der Waals surface area contributed by atoms with Crippen LogP contribution in [-0.2, 0) is 16.0 Å². The molecular formula is C11H10O3. The molecule has 0 spiro atoms. The minimum Gasteiger partial charge on any atom is -0.481 e. The summed E-state index contributed by atoms with van der Waals surface area (Å²) in [5, 5.41) is 8.76. The first kappa shape index (κ1) is 10.2. The second kappa shape index (κ2) is 5.00. The van der Waals surface area contributed by atoms with E-state index in [1.807, 2.05) is 30.3 Å². The zero-order chi connectivity index (χ0) is 10.4. The van der Waals surface area contributed by atoms with Crippen LogP contribution in [0.25, 0.3) is 0 Å². The van der Waals surface area contributed by atoms with Gasteiger partial charge in [-0.2, -0.15) is 0 Å². The second-order valence-electron chi connectivity index (χ2n) is 2.92. The van der Waals surface area contributed by atoms with Crippen molar-refractivity contribution in [3.63, 3.8) is 0 Å². The van der Waals surface area contributed by atoms with Crippen molar-refractivity contribution in [1.82, 2.24) is 0 Å². The van der Waals surface area contributed by atoms with Crippen LogP contribution in [0, 0.1) is 5.92 Å². The molecule has 0 aliphatic heterocycles. The summed E-state index contributed by atoms with van der Waals surface area (Å²) in [7, 11) is 0. The molecule has 0 saturated heterocycles. The Bertz CT molecular complexity index is 348. The van der Waals surface area contributed by atoms with Crippen LogP contribution >= 0.6 is 0 Å². The molecule has 1 atom stereocenters. The molecule has 0 fully saturated rings. The Morgan fingerprint density at radius 3 is 2.57 bits per heavy atom. The highest BCUT2D eigenvalue weighted by atomic mass is 16.4. The Morgan fingerprint density at radius 2 is 2.07 bits per heavy atom. The van der Waals surface area contributed by atoms with Gasteiger partial charge >= 0.3 is 5.97 Å². The summed E-state index contributed by atoms with van der Waals surface area (Å²) in [5.74, 6) is -0.272.